The maximum atomic E-state index is 15.0. The highest BCUT2D eigenvalue weighted by atomic mass is 35.5. The van der Waals surface area contributed by atoms with Crippen LogP contribution in [0.25, 0.3) is 0 Å². The van der Waals surface area contributed by atoms with Gasteiger partial charge in [0.25, 0.3) is 6.02 Å². The first-order chi connectivity index (χ1) is 14.1. The van der Waals surface area contributed by atoms with E-state index in [1.54, 1.807) is 6.07 Å². The lowest BCUT2D eigenvalue weighted by molar-refractivity contribution is -0.133. The summed E-state index contributed by atoms with van der Waals surface area (Å²) in [6, 6.07) is 4.28. The second-order valence-electron chi connectivity index (χ2n) is 7.37. The smallest absolute Gasteiger partial charge is 0.307 e. The number of fused-ring (bicyclic) bond motifs is 1. The molecule has 0 unspecified atom stereocenters. The Bertz CT molecular complexity index is 1090. The van der Waals surface area contributed by atoms with Gasteiger partial charge in [-0.1, -0.05) is 11.6 Å². The van der Waals surface area contributed by atoms with Crippen molar-refractivity contribution in [2.75, 3.05) is 19.0 Å². The summed E-state index contributed by atoms with van der Waals surface area (Å²) in [5, 5.41) is 6.13. The van der Waals surface area contributed by atoms with Gasteiger partial charge in [-0.2, -0.15) is 8.78 Å². The Morgan fingerprint density at radius 3 is 2.73 bits per heavy atom. The van der Waals surface area contributed by atoms with E-state index >= 15 is 0 Å². The highest BCUT2D eigenvalue weighted by Gasteiger charge is 2.57. The van der Waals surface area contributed by atoms with Crippen molar-refractivity contribution in [1.82, 2.24) is 10.3 Å². The van der Waals surface area contributed by atoms with Gasteiger partial charge in [-0.15, -0.1) is 0 Å². The predicted octanol–water partition coefficient (Wildman–Crippen LogP) is 4.01. The van der Waals surface area contributed by atoms with Crippen LogP contribution in [0.15, 0.2) is 34.4 Å². The summed E-state index contributed by atoms with van der Waals surface area (Å²) in [6.07, 6.45) is 1.50. The monoisotopic (exact) mass is 437 g/mol. The zero-order valence-corrected chi connectivity index (χ0v) is 17.2. The van der Waals surface area contributed by atoms with E-state index in [0.29, 0.717) is 27.8 Å². The summed E-state index contributed by atoms with van der Waals surface area (Å²) >= 11 is 5.96. The van der Waals surface area contributed by atoms with Crippen molar-refractivity contribution in [2.45, 2.75) is 31.9 Å². The van der Waals surface area contributed by atoms with Gasteiger partial charge in [0.1, 0.15) is 17.1 Å². The van der Waals surface area contributed by atoms with Gasteiger partial charge >= 0.3 is 5.92 Å². The fourth-order valence-corrected chi connectivity index (χ4v) is 3.74. The van der Waals surface area contributed by atoms with Crippen LogP contribution >= 0.6 is 11.6 Å². The van der Waals surface area contributed by atoms with E-state index in [0.717, 1.165) is 5.56 Å². The lowest BCUT2D eigenvalue weighted by atomic mass is 9.83. The summed E-state index contributed by atoms with van der Waals surface area (Å²) in [6.45, 7) is 2.34. The molecule has 3 heterocycles. The van der Waals surface area contributed by atoms with Crippen molar-refractivity contribution < 1.29 is 17.9 Å². The van der Waals surface area contributed by atoms with Crippen LogP contribution in [0.3, 0.4) is 0 Å². The molecule has 1 saturated heterocycles. The first-order valence-corrected chi connectivity index (χ1v) is 9.55. The number of rotatable bonds is 2. The summed E-state index contributed by atoms with van der Waals surface area (Å²) in [5.41, 5.74) is 0.155. The normalized spacial score (nSPS) is 23.7. The Morgan fingerprint density at radius 2 is 2.03 bits per heavy atom. The van der Waals surface area contributed by atoms with E-state index in [9.17, 15) is 13.2 Å². The second kappa shape index (κ2) is 7.16. The number of pyridine rings is 1. The molecule has 2 aromatic rings. The number of nitrogens with one attached hydrogen (secondary N) is 2. The number of aliphatic imine (C=N–C) groups is 2. The minimum Gasteiger partial charge on any atom is -0.459 e. The molecule has 1 atom stereocenters. The minimum atomic E-state index is -3.38. The van der Waals surface area contributed by atoms with Crippen LogP contribution in [0.2, 0.25) is 5.02 Å². The molecule has 2 N–H and O–H groups in total. The van der Waals surface area contributed by atoms with E-state index in [2.05, 4.69) is 25.6 Å². The highest BCUT2D eigenvalue weighted by molar-refractivity contribution is 6.30. The molecule has 2 aliphatic heterocycles. The Kier molecular flexibility index (Phi) is 4.88. The molecule has 1 aromatic carbocycles. The number of anilines is 1. The third-order valence-corrected chi connectivity index (χ3v) is 5.55. The van der Waals surface area contributed by atoms with Gasteiger partial charge in [0.15, 0.2) is 12.4 Å². The first-order valence-electron chi connectivity index (χ1n) is 9.17. The molecular formula is C20H19ClF3N5O. The topological polar surface area (TPSA) is 70.9 Å². The molecule has 0 bridgehead atoms. The van der Waals surface area contributed by atoms with E-state index in [4.69, 9.17) is 16.3 Å². The van der Waals surface area contributed by atoms with E-state index in [1.807, 2.05) is 6.92 Å². The summed E-state index contributed by atoms with van der Waals surface area (Å²) in [7, 11) is 1.40. The molecule has 1 fully saturated rings. The number of hydrogen-bond acceptors (Lipinski definition) is 5. The standard InChI is InChI=1S/C20H19ClF3N5O/c1-10-4-12(21)8-26-16(10)17-27-7-11-5-14(22)13(6-15(11)28-17)19(2)20(23,24)9-30-18(25-3)29-19/h4-6,8H,7,9H2,1-3H3,(H,25,29)(H,27,28)/t19-/m1/s1. The maximum absolute atomic E-state index is 15.0. The van der Waals surface area contributed by atoms with Crippen LogP contribution in [0.5, 0.6) is 0 Å². The van der Waals surface area contributed by atoms with Crippen LogP contribution in [-0.4, -0.2) is 36.4 Å². The number of nitrogens with zero attached hydrogens (tertiary/aromatic N) is 3. The van der Waals surface area contributed by atoms with Gasteiger partial charge in [-0.05, 0) is 37.6 Å². The van der Waals surface area contributed by atoms with Gasteiger partial charge < -0.3 is 15.4 Å². The van der Waals surface area contributed by atoms with Crippen molar-refractivity contribution in [2.24, 2.45) is 9.98 Å². The number of hydrogen-bond donors (Lipinski definition) is 2. The summed E-state index contributed by atoms with van der Waals surface area (Å²) in [4.78, 5) is 12.5. The zero-order valence-electron chi connectivity index (χ0n) is 16.5. The van der Waals surface area contributed by atoms with Crippen LogP contribution in [-0.2, 0) is 16.8 Å². The number of benzene rings is 1. The van der Waals surface area contributed by atoms with Crippen molar-refractivity contribution in [1.29, 1.82) is 0 Å². The number of aryl methyl sites for hydroxylation is 1. The van der Waals surface area contributed by atoms with Crippen LogP contribution < -0.4 is 10.6 Å². The molecule has 0 radical (unpaired) electrons. The van der Waals surface area contributed by atoms with E-state index < -0.39 is 23.9 Å². The number of ether oxygens (including phenoxy) is 1. The summed E-state index contributed by atoms with van der Waals surface area (Å²) < 4.78 is 49.5. The Morgan fingerprint density at radius 1 is 1.27 bits per heavy atom. The predicted molar refractivity (Wildman–Crippen MR) is 109 cm³/mol. The summed E-state index contributed by atoms with van der Waals surface area (Å²) in [5.74, 6) is -3.68. The van der Waals surface area contributed by atoms with Crippen LogP contribution in [0, 0.1) is 12.7 Å². The highest BCUT2D eigenvalue weighted by Crippen LogP contribution is 2.43. The number of amidine groups is 2. The molecule has 158 valence electrons. The minimum absolute atomic E-state index is 0.0725. The average Bonchev–Trinajstić information content (AvgIpc) is 2.69. The number of aromatic nitrogens is 1. The maximum Gasteiger partial charge on any atom is 0.307 e. The van der Waals surface area contributed by atoms with Gasteiger partial charge in [-0.3, -0.25) is 9.98 Å². The molecule has 0 spiro atoms. The quantitative estimate of drug-likeness (QED) is 0.744. The van der Waals surface area contributed by atoms with Crippen molar-refractivity contribution in [3.05, 3.63) is 57.6 Å². The van der Waals surface area contributed by atoms with Gasteiger partial charge in [0.2, 0.25) is 0 Å². The molecule has 0 saturated carbocycles. The molecule has 1 aromatic heterocycles. The molecule has 0 aliphatic carbocycles. The fourth-order valence-electron chi connectivity index (χ4n) is 3.53. The lowest BCUT2D eigenvalue weighted by Gasteiger charge is -2.43. The Labute approximate surface area is 176 Å². The Balaban J connectivity index is 1.75. The third kappa shape index (κ3) is 3.27. The van der Waals surface area contributed by atoms with E-state index in [-0.39, 0.29) is 18.1 Å². The van der Waals surface area contributed by atoms with E-state index in [1.165, 1.54) is 32.3 Å². The first kappa shape index (κ1) is 20.5. The molecule has 6 nitrogen and oxygen atoms in total. The van der Waals surface area contributed by atoms with Crippen molar-refractivity contribution >= 4 is 29.1 Å². The average molecular weight is 438 g/mol. The number of halogens is 4. The number of alkyl halides is 2. The molecular weight excluding hydrogens is 419 g/mol. The largest absolute Gasteiger partial charge is 0.459 e. The van der Waals surface area contributed by atoms with Crippen molar-refractivity contribution in [3.63, 3.8) is 0 Å². The SMILES string of the molecule is CN=C1N[C@](C)(c2cc3c(cc2F)CN=C(c2ncc(Cl)cc2C)N3)C(F)(F)CO1. The molecule has 2 aliphatic rings. The molecule has 0 amide bonds. The van der Waals surface area contributed by atoms with Gasteiger partial charge in [-0.25, -0.2) is 9.38 Å². The van der Waals surface area contributed by atoms with Gasteiger partial charge in [0, 0.05) is 30.1 Å². The van der Waals surface area contributed by atoms with Crippen LogP contribution in [0.1, 0.15) is 29.3 Å². The lowest BCUT2D eigenvalue weighted by Crippen LogP contribution is -2.63. The molecule has 10 heteroatoms. The molecule has 4 rings (SSSR count). The second-order valence-corrected chi connectivity index (χ2v) is 7.81. The van der Waals surface area contributed by atoms with Crippen LogP contribution in [0.4, 0.5) is 18.9 Å². The van der Waals surface area contributed by atoms with Gasteiger partial charge in [0.05, 0.1) is 11.6 Å². The third-order valence-electron chi connectivity index (χ3n) is 5.34. The Hall–Kier alpha value is -2.81. The zero-order chi connectivity index (χ0) is 21.7. The fraction of sp³-hybridized carbons (Fsp3) is 0.350. The molecule has 30 heavy (non-hydrogen) atoms. The van der Waals surface area contributed by atoms with Crippen molar-refractivity contribution in [3.8, 4) is 0 Å².